The van der Waals surface area contributed by atoms with Gasteiger partial charge in [0.05, 0.1) is 6.10 Å². The molecule has 0 aliphatic heterocycles. The van der Waals surface area contributed by atoms with E-state index in [-0.39, 0.29) is 12.4 Å². The number of benzene rings is 2. The average Bonchev–Trinajstić information content (AvgIpc) is 3.07. The van der Waals surface area contributed by atoms with Gasteiger partial charge in [0.15, 0.2) is 5.16 Å². The van der Waals surface area contributed by atoms with Gasteiger partial charge in [0.2, 0.25) is 0 Å². The van der Waals surface area contributed by atoms with Gasteiger partial charge in [0.1, 0.15) is 18.2 Å². The highest BCUT2D eigenvalue weighted by atomic mass is 32.2. The maximum absolute atomic E-state index is 12.9. The summed E-state index contributed by atoms with van der Waals surface area (Å²) in [5.41, 5.74) is 3.44. The van der Waals surface area contributed by atoms with Crippen LogP contribution >= 0.6 is 11.8 Å². The molecule has 1 unspecified atom stereocenters. The van der Waals surface area contributed by atoms with Crippen molar-refractivity contribution in [3.05, 3.63) is 71.8 Å². The van der Waals surface area contributed by atoms with Gasteiger partial charge in [-0.15, -0.1) is 0 Å². The molecule has 0 aliphatic carbocycles. The second-order valence-electron chi connectivity index (χ2n) is 6.16. The van der Waals surface area contributed by atoms with Crippen LogP contribution in [-0.4, -0.2) is 33.1 Å². The first-order valence-corrected chi connectivity index (χ1v) is 9.31. The van der Waals surface area contributed by atoms with Crippen molar-refractivity contribution in [2.75, 3.05) is 12.4 Å². The predicted octanol–water partition coefficient (Wildman–Crippen LogP) is 4.16. The first kappa shape index (κ1) is 18.5. The molecule has 0 fully saturated rings. The Balaban J connectivity index is 1.58. The number of nitrogens with zero attached hydrogens (tertiary/aromatic N) is 2. The molecule has 0 spiro atoms. The molecule has 0 amide bonds. The van der Waals surface area contributed by atoms with Gasteiger partial charge in [-0.2, -0.15) is 0 Å². The van der Waals surface area contributed by atoms with Gasteiger partial charge in [0, 0.05) is 23.8 Å². The van der Waals surface area contributed by atoms with Crippen molar-refractivity contribution in [2.45, 2.75) is 25.1 Å². The highest BCUT2D eigenvalue weighted by Gasteiger charge is 2.11. The molecule has 0 saturated heterocycles. The number of hydrogen-bond acceptors (Lipinski definition) is 4. The van der Waals surface area contributed by atoms with Crippen molar-refractivity contribution < 1.29 is 14.2 Å². The number of hydrogen-bond donors (Lipinski definition) is 1. The minimum absolute atomic E-state index is 0.142. The minimum atomic E-state index is -0.658. The summed E-state index contributed by atoms with van der Waals surface area (Å²) in [6, 6.07) is 12.1. The number of imidazole rings is 1. The van der Waals surface area contributed by atoms with Crippen molar-refractivity contribution in [1.82, 2.24) is 9.55 Å². The van der Waals surface area contributed by atoms with Gasteiger partial charge in [-0.05, 0) is 61.4 Å². The van der Waals surface area contributed by atoms with Crippen LogP contribution in [0.15, 0.2) is 60.0 Å². The molecular weight excluding hydrogens is 351 g/mol. The largest absolute Gasteiger partial charge is 0.491 e. The molecule has 1 heterocycles. The monoisotopic (exact) mass is 372 g/mol. The first-order chi connectivity index (χ1) is 12.5. The number of aliphatic hydroxyl groups excluding tert-OH is 1. The fourth-order valence-corrected chi connectivity index (χ4v) is 3.50. The van der Waals surface area contributed by atoms with E-state index in [0.717, 1.165) is 10.8 Å². The van der Waals surface area contributed by atoms with Crippen LogP contribution in [-0.2, 0) is 0 Å². The number of halogens is 1. The lowest BCUT2D eigenvalue weighted by Crippen LogP contribution is -2.20. The summed E-state index contributed by atoms with van der Waals surface area (Å²) in [6.07, 6.45) is 3.01. The fourth-order valence-electron chi connectivity index (χ4n) is 2.62. The average molecular weight is 372 g/mol. The molecular formula is C20H21FN2O2S. The van der Waals surface area contributed by atoms with E-state index in [0.29, 0.717) is 11.5 Å². The lowest BCUT2D eigenvalue weighted by atomic mass is 10.1. The Morgan fingerprint density at radius 1 is 1.15 bits per heavy atom. The summed E-state index contributed by atoms with van der Waals surface area (Å²) >= 11 is 1.47. The summed E-state index contributed by atoms with van der Waals surface area (Å²) in [5.74, 6) is 0.669. The van der Waals surface area contributed by atoms with E-state index in [9.17, 15) is 9.50 Å². The molecule has 1 aromatic heterocycles. The zero-order valence-corrected chi connectivity index (χ0v) is 15.5. The van der Waals surface area contributed by atoms with Gasteiger partial charge >= 0.3 is 0 Å². The molecule has 136 valence electrons. The highest BCUT2D eigenvalue weighted by molar-refractivity contribution is 7.99. The van der Waals surface area contributed by atoms with E-state index in [4.69, 9.17) is 4.74 Å². The molecule has 4 nitrogen and oxygen atoms in total. The van der Waals surface area contributed by atoms with Crippen molar-refractivity contribution in [2.24, 2.45) is 0 Å². The maximum atomic E-state index is 12.9. The Morgan fingerprint density at radius 3 is 2.54 bits per heavy atom. The van der Waals surface area contributed by atoms with Crippen LogP contribution in [0.25, 0.3) is 5.69 Å². The Morgan fingerprint density at radius 2 is 1.85 bits per heavy atom. The summed E-state index contributed by atoms with van der Waals surface area (Å²) in [7, 11) is 0. The molecule has 0 radical (unpaired) electrons. The Labute approximate surface area is 156 Å². The van der Waals surface area contributed by atoms with Crippen LogP contribution in [0, 0.1) is 19.7 Å². The van der Waals surface area contributed by atoms with E-state index in [1.165, 1.54) is 35.0 Å². The van der Waals surface area contributed by atoms with Crippen molar-refractivity contribution >= 4 is 11.8 Å². The second-order valence-corrected chi connectivity index (χ2v) is 7.14. The van der Waals surface area contributed by atoms with Gasteiger partial charge in [-0.3, -0.25) is 4.57 Å². The fraction of sp³-hybridized carbons (Fsp3) is 0.250. The molecule has 6 heteroatoms. The Bertz CT molecular complexity index is 844. The van der Waals surface area contributed by atoms with Crippen molar-refractivity contribution in [3.63, 3.8) is 0 Å². The summed E-state index contributed by atoms with van der Waals surface area (Å²) in [5, 5.41) is 11.0. The highest BCUT2D eigenvalue weighted by Crippen LogP contribution is 2.23. The number of aliphatic hydroxyl groups is 1. The van der Waals surface area contributed by atoms with E-state index in [1.54, 1.807) is 18.3 Å². The predicted molar refractivity (Wildman–Crippen MR) is 102 cm³/mol. The number of thioether (sulfide) groups is 1. The number of aryl methyl sites for hydroxylation is 2. The molecule has 3 aromatic rings. The third-order valence-electron chi connectivity index (χ3n) is 3.75. The topological polar surface area (TPSA) is 47.3 Å². The van der Waals surface area contributed by atoms with Crippen LogP contribution in [0.1, 0.15) is 11.1 Å². The third kappa shape index (κ3) is 4.86. The summed E-state index contributed by atoms with van der Waals surface area (Å²) < 4.78 is 20.4. The lowest BCUT2D eigenvalue weighted by Gasteiger charge is -2.13. The molecule has 0 saturated carbocycles. The minimum Gasteiger partial charge on any atom is -0.491 e. The molecule has 0 aliphatic rings. The summed E-state index contributed by atoms with van der Waals surface area (Å²) in [4.78, 5) is 4.38. The smallest absolute Gasteiger partial charge is 0.172 e. The summed E-state index contributed by atoms with van der Waals surface area (Å²) in [6.45, 7) is 4.27. The molecule has 0 bridgehead atoms. The maximum Gasteiger partial charge on any atom is 0.172 e. The van der Waals surface area contributed by atoms with Gasteiger partial charge < -0.3 is 9.84 Å². The van der Waals surface area contributed by atoms with Crippen LogP contribution in [0.5, 0.6) is 5.75 Å². The van der Waals surface area contributed by atoms with E-state index < -0.39 is 6.10 Å². The number of ether oxygens (including phenoxy) is 1. The standard InChI is InChI=1S/C20H21FN2O2S/c1-14-9-15(2)11-17(10-14)23-8-7-22-20(23)26-13-18(24)12-25-19-5-3-16(21)4-6-19/h3-11,18,24H,12-13H2,1-2H3. The molecule has 1 atom stereocenters. The normalized spacial score (nSPS) is 12.2. The molecule has 1 N–H and O–H groups in total. The van der Waals surface area contributed by atoms with Crippen LogP contribution in [0.3, 0.4) is 0 Å². The number of aromatic nitrogens is 2. The zero-order chi connectivity index (χ0) is 18.5. The van der Waals surface area contributed by atoms with E-state index >= 15 is 0 Å². The second kappa shape index (κ2) is 8.38. The van der Waals surface area contributed by atoms with E-state index in [2.05, 4.69) is 37.0 Å². The zero-order valence-electron chi connectivity index (χ0n) is 14.7. The van der Waals surface area contributed by atoms with Crippen LogP contribution < -0.4 is 4.74 Å². The number of rotatable bonds is 7. The Hall–Kier alpha value is -2.31. The van der Waals surface area contributed by atoms with Gasteiger partial charge in [-0.25, -0.2) is 9.37 Å². The van der Waals surface area contributed by atoms with Crippen LogP contribution in [0.2, 0.25) is 0 Å². The Kier molecular flexibility index (Phi) is 5.96. The lowest BCUT2D eigenvalue weighted by molar-refractivity contribution is 0.126. The van der Waals surface area contributed by atoms with Crippen molar-refractivity contribution in [3.8, 4) is 11.4 Å². The first-order valence-electron chi connectivity index (χ1n) is 8.32. The van der Waals surface area contributed by atoms with E-state index in [1.807, 2.05) is 10.8 Å². The quantitative estimate of drug-likeness (QED) is 0.633. The SMILES string of the molecule is Cc1cc(C)cc(-n2ccnc2SCC(O)COc2ccc(F)cc2)c1. The molecule has 26 heavy (non-hydrogen) atoms. The van der Waals surface area contributed by atoms with Crippen LogP contribution in [0.4, 0.5) is 4.39 Å². The van der Waals surface area contributed by atoms with Gasteiger partial charge in [-0.1, -0.05) is 17.8 Å². The van der Waals surface area contributed by atoms with Gasteiger partial charge in [0.25, 0.3) is 0 Å². The molecule has 3 rings (SSSR count). The van der Waals surface area contributed by atoms with Crippen molar-refractivity contribution in [1.29, 1.82) is 0 Å². The molecule has 2 aromatic carbocycles. The third-order valence-corrected chi connectivity index (χ3v) is 4.86.